The predicted molar refractivity (Wildman–Crippen MR) is 190 cm³/mol. The zero-order chi connectivity index (χ0) is 37.9. The fourth-order valence-corrected chi connectivity index (χ4v) is 15.8. The van der Waals surface area contributed by atoms with Crippen LogP contribution in [0, 0.1) is 68.0 Å². The van der Waals surface area contributed by atoms with Gasteiger partial charge in [0.2, 0.25) is 11.6 Å². The smallest absolute Gasteiger partial charge is 0.213 e. The van der Waals surface area contributed by atoms with Crippen molar-refractivity contribution in [1.29, 1.82) is 0 Å². The first-order valence-corrected chi connectivity index (χ1v) is 19.9. The van der Waals surface area contributed by atoms with E-state index in [0.717, 1.165) is 32.1 Å². The van der Waals surface area contributed by atoms with Gasteiger partial charge in [0.25, 0.3) is 0 Å². The summed E-state index contributed by atoms with van der Waals surface area (Å²) in [7, 11) is 0. The Morgan fingerprint density at radius 2 is 1.19 bits per heavy atom. The highest BCUT2D eigenvalue weighted by atomic mass is 16.8. The monoisotopic (exact) mass is 732 g/mol. The van der Waals surface area contributed by atoms with Gasteiger partial charge in [-0.15, -0.1) is 0 Å². The second-order valence-corrected chi connectivity index (χ2v) is 20.6. The summed E-state index contributed by atoms with van der Waals surface area (Å²) in [6, 6.07) is 0. The number of hydrogen-bond donors (Lipinski definition) is 4. The summed E-state index contributed by atoms with van der Waals surface area (Å²) < 4.78 is 25.3. The van der Waals surface area contributed by atoms with Crippen LogP contribution in [0.3, 0.4) is 0 Å². The van der Waals surface area contributed by atoms with E-state index in [-0.39, 0.29) is 76.0 Å². The molecular formula is C43H56O10. The average molecular weight is 733 g/mol. The SMILES string of the molecule is C=C1C(=O)[C@@]23[C@@H]4OC(C)(C)O[C@@]25OC[C@]2(C=CCC(C)(C)[C@H]2[C@@H]5O)[C@@H]3CC[C@@H]14.C=C1C(=O)[C@]23[C@H](O)[C@H]1CC[C@H]2[C@]12C=CCC(C)(C)[C@H]1[C@H](O)[C@]3(O)OC2. The molecule has 11 fully saturated rings. The van der Waals surface area contributed by atoms with E-state index < -0.39 is 51.9 Å². The number of ether oxygens (including phenoxy) is 4. The Kier molecular flexibility index (Phi) is 6.62. The molecule has 13 rings (SSSR count). The second-order valence-electron chi connectivity index (χ2n) is 20.6. The van der Waals surface area contributed by atoms with Gasteiger partial charge < -0.3 is 39.4 Å². The number of fused-ring (bicyclic) bond motifs is 3. The van der Waals surface area contributed by atoms with Crippen LogP contribution < -0.4 is 0 Å². The highest BCUT2D eigenvalue weighted by Crippen LogP contribution is 2.79. The fraction of sp³-hybridized carbons (Fsp3) is 0.767. The van der Waals surface area contributed by atoms with Crippen LogP contribution in [0.25, 0.3) is 0 Å². The van der Waals surface area contributed by atoms with E-state index in [1.165, 1.54) is 0 Å². The molecule has 5 saturated heterocycles. The van der Waals surface area contributed by atoms with Crippen molar-refractivity contribution >= 4 is 11.6 Å². The molecule has 0 radical (unpaired) electrons. The van der Waals surface area contributed by atoms with E-state index in [4.69, 9.17) is 18.9 Å². The van der Waals surface area contributed by atoms with Gasteiger partial charge in [-0.2, -0.15) is 0 Å². The number of hydrogen-bond acceptors (Lipinski definition) is 10. The third-order valence-electron chi connectivity index (χ3n) is 17.3. The molecule has 5 spiro atoms. The van der Waals surface area contributed by atoms with Gasteiger partial charge in [0, 0.05) is 34.5 Å². The number of rotatable bonds is 0. The Morgan fingerprint density at radius 3 is 1.81 bits per heavy atom. The predicted octanol–water partition coefficient (Wildman–Crippen LogP) is 4.16. The molecule has 53 heavy (non-hydrogen) atoms. The van der Waals surface area contributed by atoms with Crippen molar-refractivity contribution in [2.75, 3.05) is 13.2 Å². The molecule has 0 unspecified atom stereocenters. The molecule has 0 aromatic heterocycles. The Labute approximate surface area is 311 Å². The summed E-state index contributed by atoms with van der Waals surface area (Å²) in [5.41, 5.74) is -2.76. The number of aliphatic hydroxyl groups excluding tert-OH is 3. The zero-order valence-electron chi connectivity index (χ0n) is 31.9. The summed E-state index contributed by atoms with van der Waals surface area (Å²) in [5.74, 6) is -5.51. The van der Waals surface area contributed by atoms with E-state index in [0.29, 0.717) is 24.2 Å². The Balaban J connectivity index is 0.000000133. The van der Waals surface area contributed by atoms with Crippen LogP contribution in [0.2, 0.25) is 0 Å². The van der Waals surface area contributed by atoms with Crippen molar-refractivity contribution in [3.63, 3.8) is 0 Å². The lowest BCUT2D eigenvalue weighted by Crippen LogP contribution is -2.86. The third kappa shape index (κ3) is 3.44. The van der Waals surface area contributed by atoms with Gasteiger partial charge in [-0.25, -0.2) is 0 Å². The zero-order valence-corrected chi connectivity index (χ0v) is 31.9. The third-order valence-corrected chi connectivity index (χ3v) is 17.3. The molecule has 0 aromatic rings. The number of aliphatic hydroxyl groups is 4. The summed E-state index contributed by atoms with van der Waals surface area (Å²) in [6.45, 7) is 21.2. The van der Waals surface area contributed by atoms with E-state index in [1.807, 2.05) is 13.8 Å². The first kappa shape index (κ1) is 35.4. The largest absolute Gasteiger partial charge is 0.391 e. The second kappa shape index (κ2) is 9.91. The molecule has 5 heterocycles. The Bertz CT molecular complexity index is 1830. The molecule has 288 valence electrons. The van der Waals surface area contributed by atoms with Gasteiger partial charge in [-0.3, -0.25) is 9.59 Å². The number of Topliss-reactive ketones (excluding diaryl/α,β-unsaturated/α-hetero) is 2. The van der Waals surface area contributed by atoms with Gasteiger partial charge in [-0.1, -0.05) is 65.2 Å². The van der Waals surface area contributed by atoms with Crippen molar-refractivity contribution in [3.05, 3.63) is 48.6 Å². The molecule has 8 bridgehead atoms. The lowest BCUT2D eigenvalue weighted by atomic mass is 9.37. The van der Waals surface area contributed by atoms with Crippen molar-refractivity contribution in [2.24, 2.45) is 68.0 Å². The molecule has 10 heteroatoms. The minimum Gasteiger partial charge on any atom is -0.391 e. The minimum absolute atomic E-state index is 0.00569. The van der Waals surface area contributed by atoms with Crippen LogP contribution in [0.15, 0.2) is 48.6 Å². The van der Waals surface area contributed by atoms with Crippen LogP contribution in [-0.2, 0) is 28.5 Å². The first-order chi connectivity index (χ1) is 24.7. The minimum atomic E-state index is -2.05. The maximum atomic E-state index is 13.9. The van der Waals surface area contributed by atoms with Crippen LogP contribution in [-0.4, -0.2) is 87.0 Å². The van der Waals surface area contributed by atoms with Gasteiger partial charge in [0.1, 0.15) is 23.0 Å². The van der Waals surface area contributed by atoms with E-state index in [1.54, 1.807) is 0 Å². The van der Waals surface area contributed by atoms with Crippen molar-refractivity contribution in [2.45, 2.75) is 122 Å². The fourth-order valence-electron chi connectivity index (χ4n) is 15.8. The number of carbonyl (C=O) groups excluding carboxylic acids is 2. The van der Waals surface area contributed by atoms with Crippen LogP contribution in [0.5, 0.6) is 0 Å². The topological polar surface area (TPSA) is 152 Å². The molecule has 0 amide bonds. The van der Waals surface area contributed by atoms with Crippen molar-refractivity contribution in [1.82, 2.24) is 0 Å². The summed E-state index contributed by atoms with van der Waals surface area (Å²) in [6.07, 6.45) is 10.1. The molecule has 16 atom stereocenters. The summed E-state index contributed by atoms with van der Waals surface area (Å²) in [5, 5.41) is 45.8. The standard InChI is InChI=1S/C23H30O5.C20H26O5/c1-12-13-7-8-14-21-10-6-9-19(2,3)15(21)17(25)23(26-11-21)22(14,16(12)24)18(13)27-20(4,5)28-23;1-10-11-5-6-12-18-8-4-7-17(2,3)13(18)16(23)20(24,25-9-18)19(12,14(10)21)15(11)22/h6,10,13-15,17-18,25H,1,7-9,11H2,2-5H3;4,8,11-13,15-16,22-24H,1,5-7,9H2,2-3H3/t13-,14-,15+,17-,18+,21+,22-,23+;11-,12-,13+,15+,16-,18+,19-,20-/m00/s1. The van der Waals surface area contributed by atoms with Gasteiger partial charge >= 0.3 is 0 Å². The molecule has 5 aliphatic heterocycles. The normalized spacial score (nSPS) is 57.6. The number of carbonyl (C=O) groups is 2. The highest BCUT2D eigenvalue weighted by molar-refractivity contribution is 6.06. The van der Waals surface area contributed by atoms with Gasteiger partial charge in [0.15, 0.2) is 17.4 Å². The van der Waals surface area contributed by atoms with Crippen molar-refractivity contribution < 1.29 is 49.0 Å². The van der Waals surface area contributed by atoms with Crippen molar-refractivity contribution in [3.8, 4) is 0 Å². The van der Waals surface area contributed by atoms with E-state index in [9.17, 15) is 30.0 Å². The maximum Gasteiger partial charge on any atom is 0.213 e. The van der Waals surface area contributed by atoms with E-state index in [2.05, 4.69) is 65.2 Å². The molecule has 8 aliphatic carbocycles. The van der Waals surface area contributed by atoms with Gasteiger partial charge in [0.05, 0.1) is 25.4 Å². The highest BCUT2D eigenvalue weighted by Gasteiger charge is 2.89. The maximum absolute atomic E-state index is 13.9. The lowest BCUT2D eigenvalue weighted by Gasteiger charge is -2.76. The van der Waals surface area contributed by atoms with E-state index >= 15 is 0 Å². The Morgan fingerprint density at radius 1 is 0.679 bits per heavy atom. The Hall–Kier alpha value is -2.02. The molecular weight excluding hydrogens is 676 g/mol. The molecule has 6 saturated carbocycles. The quantitative estimate of drug-likeness (QED) is 0.211. The average Bonchev–Trinajstić information content (AvgIpc) is 3.25. The molecule has 4 N–H and O–H groups in total. The van der Waals surface area contributed by atoms with Crippen LogP contribution in [0.1, 0.15) is 80.1 Å². The summed E-state index contributed by atoms with van der Waals surface area (Å²) in [4.78, 5) is 27.1. The number of allylic oxidation sites excluding steroid dienone is 2. The van der Waals surface area contributed by atoms with Crippen LogP contribution in [0.4, 0.5) is 0 Å². The van der Waals surface area contributed by atoms with Crippen LogP contribution >= 0.6 is 0 Å². The molecule has 0 aromatic carbocycles. The molecule has 10 nitrogen and oxygen atoms in total. The summed E-state index contributed by atoms with van der Waals surface area (Å²) >= 11 is 0. The lowest BCUT2D eigenvalue weighted by molar-refractivity contribution is -0.523. The molecule has 13 aliphatic rings. The number of ketones is 2. The van der Waals surface area contributed by atoms with Gasteiger partial charge in [-0.05, 0) is 86.2 Å². The first-order valence-electron chi connectivity index (χ1n) is 19.9.